The standard InChI is InChI=1S/C8H14N4O2/c9-8-10-7(14-11-8)1-2-12-3-5-13-6-4-12/h1-6H2,(H2,9,11). The Bertz CT molecular complexity index is 283. The van der Waals surface area contributed by atoms with Gasteiger partial charge in [0.05, 0.1) is 13.2 Å². The topological polar surface area (TPSA) is 77.4 Å². The van der Waals surface area contributed by atoms with Gasteiger partial charge < -0.3 is 15.0 Å². The zero-order chi connectivity index (χ0) is 9.80. The first-order valence-electron chi connectivity index (χ1n) is 4.73. The van der Waals surface area contributed by atoms with Crippen LogP contribution in [0.1, 0.15) is 5.89 Å². The van der Waals surface area contributed by atoms with Gasteiger partial charge in [0.1, 0.15) is 0 Å². The van der Waals surface area contributed by atoms with Crippen LogP contribution in [0.2, 0.25) is 0 Å². The molecule has 14 heavy (non-hydrogen) atoms. The molecule has 1 aliphatic rings. The Morgan fingerprint density at radius 2 is 2.14 bits per heavy atom. The van der Waals surface area contributed by atoms with E-state index in [9.17, 15) is 0 Å². The summed E-state index contributed by atoms with van der Waals surface area (Å²) in [4.78, 5) is 6.25. The lowest BCUT2D eigenvalue weighted by Gasteiger charge is -2.25. The van der Waals surface area contributed by atoms with E-state index in [4.69, 9.17) is 15.0 Å². The van der Waals surface area contributed by atoms with Crippen molar-refractivity contribution in [1.82, 2.24) is 15.0 Å². The van der Waals surface area contributed by atoms with Crippen LogP contribution < -0.4 is 5.73 Å². The van der Waals surface area contributed by atoms with E-state index in [1.54, 1.807) is 0 Å². The zero-order valence-electron chi connectivity index (χ0n) is 7.98. The number of hydrogen-bond acceptors (Lipinski definition) is 6. The van der Waals surface area contributed by atoms with Crippen LogP contribution in [0.5, 0.6) is 0 Å². The second-order valence-corrected chi connectivity index (χ2v) is 3.25. The van der Waals surface area contributed by atoms with Gasteiger partial charge in [-0.05, 0) is 5.16 Å². The first-order chi connectivity index (χ1) is 6.84. The highest BCUT2D eigenvalue weighted by Crippen LogP contribution is 2.02. The fourth-order valence-electron chi connectivity index (χ4n) is 1.45. The highest BCUT2D eigenvalue weighted by atomic mass is 16.5. The largest absolute Gasteiger partial charge is 0.379 e. The zero-order valence-corrected chi connectivity index (χ0v) is 7.98. The number of rotatable bonds is 3. The number of morpholine rings is 1. The van der Waals surface area contributed by atoms with Crippen LogP contribution in [-0.2, 0) is 11.2 Å². The molecule has 0 spiro atoms. The van der Waals surface area contributed by atoms with Gasteiger partial charge in [-0.15, -0.1) is 0 Å². The van der Waals surface area contributed by atoms with Crippen molar-refractivity contribution in [3.63, 3.8) is 0 Å². The average Bonchev–Trinajstić information content (AvgIpc) is 2.63. The van der Waals surface area contributed by atoms with Crippen molar-refractivity contribution in [3.8, 4) is 0 Å². The highest BCUT2D eigenvalue weighted by molar-refractivity contribution is 5.10. The van der Waals surface area contributed by atoms with Crippen molar-refractivity contribution in [1.29, 1.82) is 0 Å². The molecule has 2 N–H and O–H groups in total. The summed E-state index contributed by atoms with van der Waals surface area (Å²) in [5, 5.41) is 3.53. The van der Waals surface area contributed by atoms with E-state index in [1.165, 1.54) is 0 Å². The maximum Gasteiger partial charge on any atom is 0.260 e. The van der Waals surface area contributed by atoms with Gasteiger partial charge in [0.2, 0.25) is 5.89 Å². The molecule has 6 nitrogen and oxygen atoms in total. The molecule has 0 amide bonds. The summed E-state index contributed by atoms with van der Waals surface area (Å²) in [5.41, 5.74) is 5.34. The number of hydrogen-bond donors (Lipinski definition) is 1. The monoisotopic (exact) mass is 198 g/mol. The van der Waals surface area contributed by atoms with E-state index < -0.39 is 0 Å². The number of nitrogens with zero attached hydrogens (tertiary/aromatic N) is 3. The molecule has 1 saturated heterocycles. The van der Waals surface area contributed by atoms with Crippen molar-refractivity contribution in [3.05, 3.63) is 5.89 Å². The van der Waals surface area contributed by atoms with Gasteiger partial charge in [-0.25, -0.2) is 0 Å². The minimum atomic E-state index is 0.210. The van der Waals surface area contributed by atoms with Gasteiger partial charge in [-0.1, -0.05) is 0 Å². The Morgan fingerprint density at radius 1 is 1.36 bits per heavy atom. The van der Waals surface area contributed by atoms with Gasteiger partial charge in [0, 0.05) is 26.1 Å². The van der Waals surface area contributed by atoms with Gasteiger partial charge in [0.25, 0.3) is 5.95 Å². The Hall–Kier alpha value is -1.14. The predicted molar refractivity (Wildman–Crippen MR) is 49.7 cm³/mol. The molecule has 0 aliphatic carbocycles. The fraction of sp³-hybridized carbons (Fsp3) is 0.750. The molecule has 0 unspecified atom stereocenters. The molecule has 2 heterocycles. The third-order valence-electron chi connectivity index (χ3n) is 2.23. The summed E-state index contributed by atoms with van der Waals surface area (Å²) in [6.07, 6.45) is 0.754. The van der Waals surface area contributed by atoms with E-state index in [0.29, 0.717) is 5.89 Å². The number of aromatic nitrogens is 2. The molecule has 6 heteroatoms. The molecule has 78 valence electrons. The molecule has 0 aromatic carbocycles. The summed E-state index contributed by atoms with van der Waals surface area (Å²) in [6, 6.07) is 0. The summed E-state index contributed by atoms with van der Waals surface area (Å²) in [5.74, 6) is 0.816. The van der Waals surface area contributed by atoms with Crippen LogP contribution in [0, 0.1) is 0 Å². The quantitative estimate of drug-likeness (QED) is 0.707. The van der Waals surface area contributed by atoms with Crippen molar-refractivity contribution in [2.24, 2.45) is 0 Å². The first kappa shape index (κ1) is 9.42. The average molecular weight is 198 g/mol. The van der Waals surface area contributed by atoms with Crippen molar-refractivity contribution < 1.29 is 9.26 Å². The summed E-state index contributed by atoms with van der Waals surface area (Å²) in [7, 11) is 0. The molecule has 0 bridgehead atoms. The maximum atomic E-state index is 5.34. The molecule has 1 aliphatic heterocycles. The van der Waals surface area contributed by atoms with Crippen LogP contribution in [-0.4, -0.2) is 47.9 Å². The Kier molecular flexibility index (Phi) is 2.95. The second kappa shape index (κ2) is 4.39. The smallest absolute Gasteiger partial charge is 0.260 e. The van der Waals surface area contributed by atoms with E-state index in [-0.39, 0.29) is 5.95 Å². The summed E-state index contributed by atoms with van der Waals surface area (Å²) in [6.45, 7) is 4.50. The molecule has 0 atom stereocenters. The van der Waals surface area contributed by atoms with Crippen molar-refractivity contribution in [2.75, 3.05) is 38.6 Å². The van der Waals surface area contributed by atoms with E-state index in [0.717, 1.165) is 39.3 Å². The van der Waals surface area contributed by atoms with Gasteiger partial charge in [0.15, 0.2) is 0 Å². The molecular formula is C8H14N4O2. The van der Waals surface area contributed by atoms with E-state index >= 15 is 0 Å². The first-order valence-corrected chi connectivity index (χ1v) is 4.73. The lowest BCUT2D eigenvalue weighted by molar-refractivity contribution is 0.0375. The lowest BCUT2D eigenvalue weighted by atomic mass is 10.3. The van der Waals surface area contributed by atoms with Crippen LogP contribution in [0.25, 0.3) is 0 Å². The third-order valence-corrected chi connectivity index (χ3v) is 2.23. The predicted octanol–water partition coefficient (Wildman–Crippen LogP) is -0.474. The molecule has 0 radical (unpaired) electrons. The molecule has 1 fully saturated rings. The maximum absolute atomic E-state index is 5.34. The Morgan fingerprint density at radius 3 is 2.79 bits per heavy atom. The SMILES string of the molecule is Nc1noc(CCN2CCOCC2)n1. The van der Waals surface area contributed by atoms with Gasteiger partial charge in [-0.3, -0.25) is 4.90 Å². The summed E-state index contributed by atoms with van der Waals surface area (Å²) < 4.78 is 10.2. The van der Waals surface area contributed by atoms with Crippen molar-refractivity contribution in [2.45, 2.75) is 6.42 Å². The molecule has 1 aromatic rings. The van der Waals surface area contributed by atoms with Gasteiger partial charge >= 0.3 is 0 Å². The molecule has 0 saturated carbocycles. The van der Waals surface area contributed by atoms with E-state index in [1.807, 2.05) is 0 Å². The minimum absolute atomic E-state index is 0.210. The van der Waals surface area contributed by atoms with Gasteiger partial charge in [-0.2, -0.15) is 4.98 Å². The van der Waals surface area contributed by atoms with Crippen LogP contribution in [0.4, 0.5) is 5.95 Å². The van der Waals surface area contributed by atoms with E-state index in [2.05, 4.69) is 15.0 Å². The summed E-state index contributed by atoms with van der Waals surface area (Å²) >= 11 is 0. The van der Waals surface area contributed by atoms with Crippen LogP contribution >= 0.6 is 0 Å². The number of anilines is 1. The van der Waals surface area contributed by atoms with Crippen LogP contribution in [0.3, 0.4) is 0 Å². The Balaban J connectivity index is 1.76. The lowest BCUT2D eigenvalue weighted by Crippen LogP contribution is -2.37. The number of ether oxygens (including phenoxy) is 1. The molecular weight excluding hydrogens is 184 g/mol. The molecule has 2 rings (SSSR count). The normalized spacial score (nSPS) is 18.6. The second-order valence-electron chi connectivity index (χ2n) is 3.25. The van der Waals surface area contributed by atoms with Crippen LogP contribution in [0.15, 0.2) is 4.52 Å². The number of nitrogens with two attached hydrogens (primary N) is 1. The van der Waals surface area contributed by atoms with Crippen molar-refractivity contribution >= 4 is 5.95 Å². The minimum Gasteiger partial charge on any atom is -0.379 e. The Labute approximate surface area is 82.0 Å². The third kappa shape index (κ3) is 2.43. The highest BCUT2D eigenvalue weighted by Gasteiger charge is 2.11. The molecule has 1 aromatic heterocycles. The fourth-order valence-corrected chi connectivity index (χ4v) is 1.45. The number of nitrogen functional groups attached to an aromatic ring is 1.